The van der Waals surface area contributed by atoms with Crippen LogP contribution in [-0.2, 0) is 0 Å². The molecule has 0 aromatic heterocycles. The first-order chi connectivity index (χ1) is 8.66. The molecule has 96 valence electrons. The summed E-state index contributed by atoms with van der Waals surface area (Å²) < 4.78 is 0.809. The SMILES string of the molecule is O=C(c1cc(Br)ccc1O)N1CC[C@H]2CNC[C@H]21. The highest BCUT2D eigenvalue weighted by Crippen LogP contribution is 2.31. The number of phenolic OH excluding ortho intramolecular Hbond substituents is 1. The Labute approximate surface area is 114 Å². The average Bonchev–Trinajstić information content (AvgIpc) is 2.93. The smallest absolute Gasteiger partial charge is 0.257 e. The van der Waals surface area contributed by atoms with Gasteiger partial charge in [-0.2, -0.15) is 0 Å². The number of rotatable bonds is 1. The van der Waals surface area contributed by atoms with Crippen molar-refractivity contribution in [1.29, 1.82) is 0 Å². The number of benzene rings is 1. The van der Waals surface area contributed by atoms with Gasteiger partial charge in [-0.05, 0) is 30.5 Å². The Kier molecular flexibility index (Phi) is 3.03. The van der Waals surface area contributed by atoms with Crippen LogP contribution in [0.5, 0.6) is 5.75 Å². The Morgan fingerprint density at radius 3 is 3.11 bits per heavy atom. The molecule has 0 radical (unpaired) electrons. The van der Waals surface area contributed by atoms with Crippen LogP contribution in [0.4, 0.5) is 0 Å². The predicted octanol–water partition coefficient (Wildman–Crippen LogP) is 1.59. The molecule has 1 aromatic carbocycles. The van der Waals surface area contributed by atoms with Crippen molar-refractivity contribution in [3.8, 4) is 5.75 Å². The van der Waals surface area contributed by atoms with Crippen LogP contribution < -0.4 is 5.32 Å². The fourth-order valence-corrected chi connectivity index (χ4v) is 3.30. The standard InChI is InChI=1S/C13H15BrN2O2/c14-9-1-2-12(17)10(5-9)13(18)16-4-3-8-6-15-7-11(8)16/h1-2,5,8,11,15,17H,3-4,6-7H2/t8-,11+/m0/s1. The van der Waals surface area contributed by atoms with E-state index in [1.54, 1.807) is 18.2 Å². The van der Waals surface area contributed by atoms with Crippen molar-refractivity contribution in [3.05, 3.63) is 28.2 Å². The van der Waals surface area contributed by atoms with Crippen molar-refractivity contribution in [2.45, 2.75) is 12.5 Å². The third-order valence-corrected chi connectivity index (χ3v) is 4.39. The van der Waals surface area contributed by atoms with Gasteiger partial charge in [0.2, 0.25) is 0 Å². The zero-order valence-corrected chi connectivity index (χ0v) is 11.5. The number of aromatic hydroxyl groups is 1. The second-order valence-electron chi connectivity index (χ2n) is 4.93. The monoisotopic (exact) mass is 310 g/mol. The quantitative estimate of drug-likeness (QED) is 0.828. The van der Waals surface area contributed by atoms with Crippen molar-refractivity contribution in [3.63, 3.8) is 0 Å². The Bertz CT molecular complexity index is 492. The Morgan fingerprint density at radius 2 is 2.28 bits per heavy atom. The van der Waals surface area contributed by atoms with Crippen molar-refractivity contribution in [2.24, 2.45) is 5.92 Å². The largest absolute Gasteiger partial charge is 0.507 e. The Balaban J connectivity index is 1.88. The first-order valence-electron chi connectivity index (χ1n) is 6.17. The van der Waals surface area contributed by atoms with Crippen molar-refractivity contribution >= 4 is 21.8 Å². The third-order valence-electron chi connectivity index (χ3n) is 3.90. The second-order valence-corrected chi connectivity index (χ2v) is 5.85. The molecule has 2 aliphatic rings. The number of fused-ring (bicyclic) bond motifs is 1. The fraction of sp³-hybridized carbons (Fsp3) is 0.462. The van der Waals surface area contributed by atoms with E-state index < -0.39 is 0 Å². The van der Waals surface area contributed by atoms with Crippen molar-refractivity contribution < 1.29 is 9.90 Å². The van der Waals surface area contributed by atoms with E-state index in [1.807, 2.05) is 4.90 Å². The van der Waals surface area contributed by atoms with Gasteiger partial charge in [0.25, 0.3) is 5.91 Å². The summed E-state index contributed by atoms with van der Waals surface area (Å²) in [6.45, 7) is 2.66. The first kappa shape index (κ1) is 12.0. The van der Waals surface area contributed by atoms with Gasteiger partial charge in [-0.1, -0.05) is 15.9 Å². The number of carbonyl (C=O) groups excluding carboxylic acids is 1. The minimum atomic E-state index is -0.0648. The molecule has 1 amide bonds. The normalized spacial score (nSPS) is 26.4. The summed E-state index contributed by atoms with van der Waals surface area (Å²) in [5.41, 5.74) is 0.386. The lowest BCUT2D eigenvalue weighted by Gasteiger charge is -2.23. The minimum absolute atomic E-state index is 0.0533. The molecule has 2 N–H and O–H groups in total. The summed E-state index contributed by atoms with van der Waals surface area (Å²) in [4.78, 5) is 14.4. The van der Waals surface area contributed by atoms with Gasteiger partial charge in [0.15, 0.2) is 0 Å². The van der Waals surface area contributed by atoms with Gasteiger partial charge in [-0.25, -0.2) is 0 Å². The number of likely N-dealkylation sites (tertiary alicyclic amines) is 1. The lowest BCUT2D eigenvalue weighted by molar-refractivity contribution is 0.0734. The fourth-order valence-electron chi connectivity index (χ4n) is 2.94. The summed E-state index contributed by atoms with van der Waals surface area (Å²) >= 11 is 3.34. The highest BCUT2D eigenvalue weighted by atomic mass is 79.9. The van der Waals surface area contributed by atoms with E-state index in [0.717, 1.165) is 30.5 Å². The van der Waals surface area contributed by atoms with Crippen molar-refractivity contribution in [2.75, 3.05) is 19.6 Å². The van der Waals surface area contributed by atoms with Crippen LogP contribution in [-0.4, -0.2) is 41.6 Å². The summed E-state index contributed by atoms with van der Waals surface area (Å²) in [7, 11) is 0. The lowest BCUT2D eigenvalue weighted by atomic mass is 10.0. The van der Waals surface area contributed by atoms with Gasteiger partial charge in [0, 0.05) is 30.1 Å². The molecule has 0 unspecified atom stereocenters. The van der Waals surface area contributed by atoms with Crippen LogP contribution >= 0.6 is 15.9 Å². The molecular formula is C13H15BrN2O2. The van der Waals surface area contributed by atoms with Gasteiger partial charge in [-0.15, -0.1) is 0 Å². The van der Waals surface area contributed by atoms with Gasteiger partial charge >= 0.3 is 0 Å². The van der Waals surface area contributed by atoms with E-state index in [2.05, 4.69) is 21.2 Å². The molecule has 4 nitrogen and oxygen atoms in total. The molecule has 0 aliphatic carbocycles. The highest BCUT2D eigenvalue weighted by molar-refractivity contribution is 9.10. The molecular weight excluding hydrogens is 296 g/mol. The number of phenols is 1. The molecule has 2 fully saturated rings. The second kappa shape index (κ2) is 4.55. The van der Waals surface area contributed by atoms with Crippen LogP contribution in [0.2, 0.25) is 0 Å². The number of hydrogen-bond acceptors (Lipinski definition) is 3. The Morgan fingerprint density at radius 1 is 1.44 bits per heavy atom. The number of nitrogens with zero attached hydrogens (tertiary/aromatic N) is 1. The van der Waals surface area contributed by atoms with E-state index in [-0.39, 0.29) is 17.7 Å². The summed E-state index contributed by atoms with van der Waals surface area (Å²) in [6, 6.07) is 5.26. The molecule has 2 atom stereocenters. The molecule has 0 bridgehead atoms. The van der Waals surface area contributed by atoms with Crippen LogP contribution in [0.3, 0.4) is 0 Å². The van der Waals surface area contributed by atoms with Gasteiger partial charge in [-0.3, -0.25) is 4.79 Å². The topological polar surface area (TPSA) is 52.6 Å². The number of halogens is 1. The predicted molar refractivity (Wildman–Crippen MR) is 71.6 cm³/mol. The number of nitrogens with one attached hydrogen (secondary N) is 1. The Hall–Kier alpha value is -1.07. The molecule has 2 saturated heterocycles. The molecule has 3 rings (SSSR count). The molecule has 2 heterocycles. The highest BCUT2D eigenvalue weighted by Gasteiger charge is 2.40. The van der Waals surface area contributed by atoms with Gasteiger partial charge < -0.3 is 15.3 Å². The maximum atomic E-state index is 12.5. The van der Waals surface area contributed by atoms with E-state index in [9.17, 15) is 9.90 Å². The van der Waals surface area contributed by atoms with E-state index >= 15 is 0 Å². The number of hydrogen-bond donors (Lipinski definition) is 2. The molecule has 2 aliphatic heterocycles. The zero-order valence-electron chi connectivity index (χ0n) is 9.90. The van der Waals surface area contributed by atoms with Gasteiger partial charge in [0.05, 0.1) is 5.56 Å². The zero-order chi connectivity index (χ0) is 12.7. The molecule has 0 saturated carbocycles. The van der Waals surface area contributed by atoms with Crippen LogP contribution in [0, 0.1) is 5.92 Å². The lowest BCUT2D eigenvalue weighted by Crippen LogP contribution is -2.39. The third kappa shape index (κ3) is 1.91. The molecule has 18 heavy (non-hydrogen) atoms. The molecule has 0 spiro atoms. The summed E-state index contributed by atoms with van der Waals surface area (Å²) in [5.74, 6) is 0.561. The molecule has 1 aromatic rings. The van der Waals surface area contributed by atoms with Gasteiger partial charge in [0.1, 0.15) is 5.75 Å². The molecule has 5 heteroatoms. The summed E-state index contributed by atoms with van der Waals surface area (Å²) in [6.07, 6.45) is 1.05. The van der Waals surface area contributed by atoms with Crippen LogP contribution in [0.15, 0.2) is 22.7 Å². The number of amides is 1. The van der Waals surface area contributed by atoms with E-state index in [1.165, 1.54) is 0 Å². The van der Waals surface area contributed by atoms with Crippen LogP contribution in [0.25, 0.3) is 0 Å². The van der Waals surface area contributed by atoms with Crippen molar-refractivity contribution in [1.82, 2.24) is 10.2 Å². The maximum Gasteiger partial charge on any atom is 0.257 e. The average molecular weight is 311 g/mol. The van der Waals surface area contributed by atoms with E-state index in [4.69, 9.17) is 0 Å². The summed E-state index contributed by atoms with van der Waals surface area (Å²) in [5, 5.41) is 13.1. The minimum Gasteiger partial charge on any atom is -0.507 e. The maximum absolute atomic E-state index is 12.5. The van der Waals surface area contributed by atoms with E-state index in [0.29, 0.717) is 11.5 Å². The first-order valence-corrected chi connectivity index (χ1v) is 6.96. The van der Waals surface area contributed by atoms with Crippen LogP contribution in [0.1, 0.15) is 16.8 Å². The number of carbonyl (C=O) groups is 1.